The number of hydrogen-bond acceptors (Lipinski definition) is 4. The highest BCUT2D eigenvalue weighted by atomic mass is 32.1. The van der Waals surface area contributed by atoms with E-state index in [2.05, 4.69) is 35.8 Å². The molecule has 2 fully saturated rings. The second kappa shape index (κ2) is 5.23. The monoisotopic (exact) mass is 318 g/mol. The Labute approximate surface area is 132 Å². The van der Waals surface area contributed by atoms with E-state index in [0.29, 0.717) is 18.1 Å². The third-order valence-electron chi connectivity index (χ3n) is 4.43. The molecule has 110 valence electrons. The van der Waals surface area contributed by atoms with Gasteiger partial charge in [0.05, 0.1) is 4.88 Å². The lowest BCUT2D eigenvalue weighted by atomic mass is 9.95. The van der Waals surface area contributed by atoms with Crippen molar-refractivity contribution in [2.24, 2.45) is 0 Å². The van der Waals surface area contributed by atoms with Crippen molar-refractivity contribution in [3.05, 3.63) is 34.0 Å². The number of fused-ring (bicyclic) bond motifs is 2. The number of carbonyl (C=O) groups is 1. The van der Waals surface area contributed by atoms with Crippen LogP contribution in [0.1, 0.15) is 33.8 Å². The van der Waals surface area contributed by atoms with Gasteiger partial charge in [-0.1, -0.05) is 0 Å². The average Bonchev–Trinajstić information content (AvgIpc) is 3.22. The average molecular weight is 318 g/mol. The molecule has 0 aliphatic carbocycles. The van der Waals surface area contributed by atoms with Crippen molar-refractivity contribution in [3.8, 4) is 9.75 Å². The summed E-state index contributed by atoms with van der Waals surface area (Å²) in [5.41, 5.74) is 0. The van der Waals surface area contributed by atoms with Crippen LogP contribution in [0.2, 0.25) is 0 Å². The van der Waals surface area contributed by atoms with Crippen LogP contribution in [0, 0.1) is 6.92 Å². The van der Waals surface area contributed by atoms with E-state index in [0.717, 1.165) is 11.3 Å². The van der Waals surface area contributed by atoms with Gasteiger partial charge in [-0.25, -0.2) is 0 Å². The Morgan fingerprint density at radius 2 is 2.00 bits per heavy atom. The minimum atomic E-state index is 0.0823. The molecule has 2 aliphatic heterocycles. The zero-order chi connectivity index (χ0) is 14.4. The van der Waals surface area contributed by atoms with Gasteiger partial charge < -0.3 is 10.6 Å². The fourth-order valence-electron chi connectivity index (χ4n) is 3.38. The molecule has 2 aliphatic rings. The van der Waals surface area contributed by atoms with Crippen molar-refractivity contribution in [2.75, 3.05) is 0 Å². The van der Waals surface area contributed by atoms with E-state index in [-0.39, 0.29) is 5.91 Å². The first-order valence-corrected chi connectivity index (χ1v) is 9.06. The molecular formula is C16H18N2OS2. The van der Waals surface area contributed by atoms with Gasteiger partial charge in [0.2, 0.25) is 0 Å². The molecule has 4 heterocycles. The molecule has 21 heavy (non-hydrogen) atoms. The van der Waals surface area contributed by atoms with Gasteiger partial charge in [0, 0.05) is 32.8 Å². The zero-order valence-electron chi connectivity index (χ0n) is 11.9. The zero-order valence-corrected chi connectivity index (χ0v) is 13.5. The van der Waals surface area contributed by atoms with Crippen molar-refractivity contribution in [2.45, 2.75) is 44.3 Å². The molecule has 0 saturated carbocycles. The molecule has 2 saturated heterocycles. The highest BCUT2D eigenvalue weighted by molar-refractivity contribution is 7.23. The van der Waals surface area contributed by atoms with Crippen LogP contribution < -0.4 is 10.6 Å². The van der Waals surface area contributed by atoms with Crippen molar-refractivity contribution in [1.29, 1.82) is 0 Å². The summed E-state index contributed by atoms with van der Waals surface area (Å²) in [6.45, 7) is 2.11. The highest BCUT2D eigenvalue weighted by Crippen LogP contribution is 2.34. The highest BCUT2D eigenvalue weighted by Gasteiger charge is 2.39. The first-order valence-electron chi connectivity index (χ1n) is 7.42. The Hall–Kier alpha value is -1.17. The van der Waals surface area contributed by atoms with Crippen LogP contribution in [0.4, 0.5) is 0 Å². The van der Waals surface area contributed by atoms with E-state index >= 15 is 0 Å². The predicted octanol–water partition coefficient (Wildman–Crippen LogP) is 3.41. The van der Waals surface area contributed by atoms with Crippen LogP contribution in [-0.2, 0) is 0 Å². The first-order chi connectivity index (χ1) is 10.2. The Balaban J connectivity index is 1.46. The van der Waals surface area contributed by atoms with Gasteiger partial charge in [-0.05, 0) is 50.5 Å². The lowest BCUT2D eigenvalue weighted by molar-refractivity contribution is 0.0935. The van der Waals surface area contributed by atoms with E-state index in [9.17, 15) is 4.79 Å². The second-order valence-electron chi connectivity index (χ2n) is 5.94. The van der Waals surface area contributed by atoms with Gasteiger partial charge in [0.1, 0.15) is 0 Å². The van der Waals surface area contributed by atoms with Crippen molar-refractivity contribution in [3.63, 3.8) is 0 Å². The molecule has 2 aromatic heterocycles. The topological polar surface area (TPSA) is 41.1 Å². The summed E-state index contributed by atoms with van der Waals surface area (Å²) in [4.78, 5) is 17.0. The van der Waals surface area contributed by atoms with Crippen LogP contribution in [0.3, 0.4) is 0 Å². The lowest BCUT2D eigenvalue weighted by Crippen LogP contribution is -2.42. The number of thiophene rings is 2. The summed E-state index contributed by atoms with van der Waals surface area (Å²) in [7, 11) is 0. The van der Waals surface area contributed by atoms with Crippen LogP contribution in [0.15, 0.2) is 24.3 Å². The van der Waals surface area contributed by atoms with E-state index in [4.69, 9.17) is 0 Å². The van der Waals surface area contributed by atoms with Crippen LogP contribution in [0.5, 0.6) is 0 Å². The molecule has 3 atom stereocenters. The standard InChI is InChI=1S/C16H18N2OS2/c1-9-2-5-13(20-9)14-6-7-15(21-14)16(19)18-12-8-10-3-4-11(12)17-10/h2,5-7,10-12,17H,3-4,8H2,1H3,(H,18,19)/t10-,11+,12?/m1/s1. The molecule has 2 N–H and O–H groups in total. The maximum absolute atomic E-state index is 12.4. The largest absolute Gasteiger partial charge is 0.347 e. The lowest BCUT2D eigenvalue weighted by Gasteiger charge is -2.20. The summed E-state index contributed by atoms with van der Waals surface area (Å²) in [5.74, 6) is 0.0823. The number of amides is 1. The van der Waals surface area contributed by atoms with E-state index in [1.165, 1.54) is 27.5 Å². The number of aryl methyl sites for hydroxylation is 1. The summed E-state index contributed by atoms with van der Waals surface area (Å²) in [5, 5.41) is 6.77. The summed E-state index contributed by atoms with van der Waals surface area (Å²) in [6, 6.07) is 9.68. The van der Waals surface area contributed by atoms with Gasteiger partial charge in [0.25, 0.3) is 5.91 Å². The number of rotatable bonds is 3. The molecular weight excluding hydrogens is 300 g/mol. The van der Waals surface area contributed by atoms with Gasteiger partial charge >= 0.3 is 0 Å². The Kier molecular flexibility index (Phi) is 3.36. The molecule has 5 heteroatoms. The van der Waals surface area contributed by atoms with Gasteiger partial charge in [-0.2, -0.15) is 0 Å². The molecule has 0 radical (unpaired) electrons. The molecule has 0 spiro atoms. The van der Waals surface area contributed by atoms with Gasteiger partial charge in [0.15, 0.2) is 0 Å². The van der Waals surface area contributed by atoms with Crippen LogP contribution >= 0.6 is 22.7 Å². The Bertz CT molecular complexity index is 675. The molecule has 2 aromatic rings. The second-order valence-corrected chi connectivity index (χ2v) is 8.31. The van der Waals surface area contributed by atoms with Crippen molar-refractivity contribution in [1.82, 2.24) is 10.6 Å². The van der Waals surface area contributed by atoms with E-state index < -0.39 is 0 Å². The van der Waals surface area contributed by atoms with Gasteiger partial charge in [-0.3, -0.25) is 4.79 Å². The Morgan fingerprint density at radius 1 is 1.19 bits per heavy atom. The third-order valence-corrected chi connectivity index (χ3v) is 6.71. The van der Waals surface area contributed by atoms with Crippen molar-refractivity contribution < 1.29 is 4.79 Å². The van der Waals surface area contributed by atoms with Crippen molar-refractivity contribution >= 4 is 28.6 Å². The fourth-order valence-corrected chi connectivity index (χ4v) is 5.25. The maximum atomic E-state index is 12.4. The first kappa shape index (κ1) is 13.5. The molecule has 2 bridgehead atoms. The summed E-state index contributed by atoms with van der Waals surface area (Å²) < 4.78 is 0. The van der Waals surface area contributed by atoms with Gasteiger partial charge in [-0.15, -0.1) is 22.7 Å². The van der Waals surface area contributed by atoms with Crippen LogP contribution in [-0.4, -0.2) is 24.0 Å². The normalized spacial score (nSPS) is 27.2. The molecule has 0 aromatic carbocycles. The minimum absolute atomic E-state index is 0.0823. The molecule has 1 unspecified atom stereocenters. The predicted molar refractivity (Wildman–Crippen MR) is 88.2 cm³/mol. The van der Waals surface area contributed by atoms with E-state index in [1.54, 1.807) is 22.7 Å². The SMILES string of the molecule is Cc1ccc(-c2ccc(C(=O)NC3C[C@H]4CC[C@@H]3N4)s2)s1. The van der Waals surface area contributed by atoms with E-state index in [1.807, 2.05) is 6.07 Å². The fraction of sp³-hybridized carbons (Fsp3) is 0.438. The summed E-state index contributed by atoms with van der Waals surface area (Å²) in [6.07, 6.45) is 3.54. The quantitative estimate of drug-likeness (QED) is 0.910. The number of nitrogens with one attached hydrogen (secondary N) is 2. The number of carbonyl (C=O) groups excluding carboxylic acids is 1. The molecule has 4 rings (SSSR count). The summed E-state index contributed by atoms with van der Waals surface area (Å²) >= 11 is 3.37. The maximum Gasteiger partial charge on any atom is 0.261 e. The minimum Gasteiger partial charge on any atom is -0.347 e. The molecule has 1 amide bonds. The molecule has 3 nitrogen and oxygen atoms in total. The third kappa shape index (κ3) is 2.54. The van der Waals surface area contributed by atoms with Crippen LogP contribution in [0.25, 0.3) is 9.75 Å². The smallest absolute Gasteiger partial charge is 0.261 e. The number of hydrogen-bond donors (Lipinski definition) is 2. The Morgan fingerprint density at radius 3 is 2.67 bits per heavy atom.